The third kappa shape index (κ3) is 3.44. The molecule has 0 bridgehead atoms. The molecule has 27 heavy (non-hydrogen) atoms. The molecule has 0 atom stereocenters. The van der Waals surface area contributed by atoms with E-state index in [2.05, 4.69) is 10.2 Å². The quantitative estimate of drug-likeness (QED) is 0.493. The van der Waals surface area contributed by atoms with Crippen LogP contribution in [0.1, 0.15) is 17.3 Å². The molecule has 0 unspecified atom stereocenters. The highest BCUT2D eigenvalue weighted by molar-refractivity contribution is 6.03. The number of ether oxygens (including phenoxy) is 1. The summed E-state index contributed by atoms with van der Waals surface area (Å²) in [6.07, 6.45) is 5.20. The Morgan fingerprint density at radius 1 is 1.15 bits per heavy atom. The molecule has 0 radical (unpaired) electrons. The third-order valence-electron chi connectivity index (χ3n) is 4.31. The van der Waals surface area contributed by atoms with Gasteiger partial charge in [-0.05, 0) is 19.1 Å². The van der Waals surface area contributed by atoms with E-state index in [0.29, 0.717) is 29.7 Å². The monoisotopic (exact) mass is 361 g/mol. The number of nitrogens with zero attached hydrogens (tertiary/aromatic N) is 5. The highest BCUT2D eigenvalue weighted by Crippen LogP contribution is 2.25. The van der Waals surface area contributed by atoms with Gasteiger partial charge in [0.25, 0.3) is 0 Å². The van der Waals surface area contributed by atoms with Crippen molar-refractivity contribution >= 4 is 17.0 Å². The van der Waals surface area contributed by atoms with Crippen LogP contribution < -0.4 is 0 Å². The Morgan fingerprint density at radius 2 is 2.00 bits per heavy atom. The number of hydrogen-bond acceptors (Lipinski definition) is 5. The minimum Gasteiger partial charge on any atom is -0.460 e. The maximum absolute atomic E-state index is 12.8. The van der Waals surface area contributed by atoms with E-state index in [1.807, 2.05) is 49.5 Å². The van der Waals surface area contributed by atoms with Crippen molar-refractivity contribution < 1.29 is 9.53 Å². The predicted octanol–water partition coefficient (Wildman–Crippen LogP) is 3.17. The van der Waals surface area contributed by atoms with Gasteiger partial charge in [-0.15, -0.1) is 0 Å². The van der Waals surface area contributed by atoms with Gasteiger partial charge in [-0.2, -0.15) is 10.2 Å². The second-order valence-corrected chi connectivity index (χ2v) is 6.02. The zero-order valence-electron chi connectivity index (χ0n) is 14.9. The summed E-state index contributed by atoms with van der Waals surface area (Å²) >= 11 is 0. The molecule has 0 saturated carbocycles. The van der Waals surface area contributed by atoms with Crippen molar-refractivity contribution in [3.8, 4) is 11.3 Å². The van der Waals surface area contributed by atoms with Gasteiger partial charge in [-0.25, -0.2) is 14.5 Å². The van der Waals surface area contributed by atoms with Gasteiger partial charge >= 0.3 is 5.97 Å². The van der Waals surface area contributed by atoms with Gasteiger partial charge in [-0.1, -0.05) is 30.3 Å². The lowest BCUT2D eigenvalue weighted by Gasteiger charge is -2.09. The van der Waals surface area contributed by atoms with E-state index in [9.17, 15) is 4.79 Å². The third-order valence-corrected chi connectivity index (χ3v) is 4.31. The molecule has 0 fully saturated rings. The van der Waals surface area contributed by atoms with Crippen LogP contribution in [0, 0.1) is 0 Å². The van der Waals surface area contributed by atoms with Crippen molar-refractivity contribution in [2.75, 3.05) is 6.61 Å². The Labute approximate surface area is 156 Å². The van der Waals surface area contributed by atoms with E-state index < -0.39 is 0 Å². The number of pyridine rings is 1. The second kappa shape index (κ2) is 7.41. The maximum Gasteiger partial charge on any atom is 0.339 e. The number of rotatable bonds is 6. The fourth-order valence-corrected chi connectivity index (χ4v) is 2.95. The first-order valence-corrected chi connectivity index (χ1v) is 8.83. The van der Waals surface area contributed by atoms with Crippen molar-refractivity contribution in [2.24, 2.45) is 0 Å². The van der Waals surface area contributed by atoms with Crippen LogP contribution in [0.3, 0.4) is 0 Å². The van der Waals surface area contributed by atoms with E-state index in [-0.39, 0.29) is 12.6 Å². The van der Waals surface area contributed by atoms with Crippen LogP contribution in [0.4, 0.5) is 0 Å². The molecule has 3 heterocycles. The first-order chi connectivity index (χ1) is 13.3. The molecule has 0 N–H and O–H groups in total. The summed E-state index contributed by atoms with van der Waals surface area (Å²) in [5.74, 6) is -0.387. The summed E-state index contributed by atoms with van der Waals surface area (Å²) in [5.41, 5.74) is 2.81. The number of esters is 1. The second-order valence-electron chi connectivity index (χ2n) is 6.02. The summed E-state index contributed by atoms with van der Waals surface area (Å²) in [6, 6.07) is 13.4. The van der Waals surface area contributed by atoms with Gasteiger partial charge in [0.2, 0.25) is 0 Å². The lowest BCUT2D eigenvalue weighted by Crippen LogP contribution is -2.12. The molecule has 0 saturated heterocycles. The van der Waals surface area contributed by atoms with Crippen LogP contribution in [0.5, 0.6) is 0 Å². The number of carbonyl (C=O) groups is 1. The van der Waals surface area contributed by atoms with Crippen molar-refractivity contribution in [1.82, 2.24) is 24.5 Å². The molecule has 4 rings (SSSR count). The van der Waals surface area contributed by atoms with Gasteiger partial charge in [0.05, 0.1) is 29.4 Å². The average molecular weight is 361 g/mol. The van der Waals surface area contributed by atoms with Crippen LogP contribution in [-0.4, -0.2) is 37.1 Å². The summed E-state index contributed by atoms with van der Waals surface area (Å²) in [4.78, 5) is 17.5. The molecule has 0 aliphatic carbocycles. The molecule has 0 spiro atoms. The summed E-state index contributed by atoms with van der Waals surface area (Å²) < 4.78 is 8.98. The molecule has 1 aromatic carbocycles. The van der Waals surface area contributed by atoms with Gasteiger partial charge in [0.15, 0.2) is 5.65 Å². The maximum atomic E-state index is 12.8. The van der Waals surface area contributed by atoms with Crippen molar-refractivity contribution in [3.63, 3.8) is 0 Å². The first-order valence-electron chi connectivity index (χ1n) is 8.83. The average Bonchev–Trinajstić information content (AvgIpc) is 3.37. The Bertz CT molecular complexity index is 1050. The molecule has 7 nitrogen and oxygen atoms in total. The zero-order chi connectivity index (χ0) is 18.6. The smallest absolute Gasteiger partial charge is 0.339 e. The van der Waals surface area contributed by atoms with Crippen molar-refractivity contribution in [2.45, 2.75) is 20.0 Å². The Morgan fingerprint density at radius 3 is 2.74 bits per heavy atom. The molecule has 0 aliphatic rings. The lowest BCUT2D eigenvalue weighted by molar-refractivity contribution is 0.0490. The fraction of sp³-hybridized carbons (Fsp3) is 0.200. The number of benzene rings is 1. The van der Waals surface area contributed by atoms with Crippen LogP contribution in [0.25, 0.3) is 22.3 Å². The predicted molar refractivity (Wildman–Crippen MR) is 101 cm³/mol. The molecule has 136 valence electrons. The highest BCUT2D eigenvalue weighted by atomic mass is 16.5. The minimum atomic E-state index is -0.387. The van der Waals surface area contributed by atoms with E-state index in [4.69, 9.17) is 9.72 Å². The minimum absolute atomic E-state index is 0.243. The van der Waals surface area contributed by atoms with E-state index >= 15 is 0 Å². The number of carbonyl (C=O) groups excluding carboxylic acids is 1. The summed E-state index contributed by atoms with van der Waals surface area (Å²) in [7, 11) is 0. The zero-order valence-corrected chi connectivity index (χ0v) is 14.9. The lowest BCUT2D eigenvalue weighted by atomic mass is 10.1. The fourth-order valence-electron chi connectivity index (χ4n) is 2.95. The van der Waals surface area contributed by atoms with Crippen LogP contribution in [0.15, 0.2) is 61.1 Å². The molecule has 7 heteroatoms. The largest absolute Gasteiger partial charge is 0.460 e. The molecular formula is C20H19N5O2. The Kier molecular flexibility index (Phi) is 4.65. The van der Waals surface area contributed by atoms with Crippen LogP contribution >= 0.6 is 0 Å². The molecular weight excluding hydrogens is 342 g/mol. The Hall–Kier alpha value is -3.48. The SMILES string of the molecule is CCn1ncc2c(C(=O)OCCn3cccn3)cc(-c3ccccc3)nc21. The first kappa shape index (κ1) is 17.0. The number of aromatic nitrogens is 5. The van der Waals surface area contributed by atoms with Crippen LogP contribution in [-0.2, 0) is 17.8 Å². The van der Waals surface area contributed by atoms with E-state index in [0.717, 1.165) is 11.3 Å². The number of hydrogen-bond donors (Lipinski definition) is 0. The molecule has 0 aliphatic heterocycles. The van der Waals surface area contributed by atoms with Crippen molar-refractivity contribution in [3.05, 3.63) is 66.6 Å². The Balaban J connectivity index is 1.67. The standard InChI is InChI=1S/C20H19N5O2/c1-2-25-19-17(14-22-25)16(13-18(23-19)15-7-4-3-5-8-15)20(26)27-12-11-24-10-6-9-21-24/h3-10,13-14H,2,11-12H2,1H3. The summed E-state index contributed by atoms with van der Waals surface area (Å²) in [5, 5.41) is 9.15. The molecule has 0 amide bonds. The van der Waals surface area contributed by atoms with Gasteiger partial charge < -0.3 is 4.74 Å². The van der Waals surface area contributed by atoms with Gasteiger partial charge in [0.1, 0.15) is 6.61 Å². The van der Waals surface area contributed by atoms with E-state index in [1.54, 1.807) is 27.8 Å². The molecule has 4 aromatic rings. The van der Waals surface area contributed by atoms with Gasteiger partial charge in [0, 0.05) is 24.5 Å². The number of fused-ring (bicyclic) bond motifs is 1. The normalized spacial score (nSPS) is 11.0. The van der Waals surface area contributed by atoms with Gasteiger partial charge in [-0.3, -0.25) is 4.68 Å². The summed E-state index contributed by atoms with van der Waals surface area (Å²) in [6.45, 7) is 3.41. The van der Waals surface area contributed by atoms with E-state index in [1.165, 1.54) is 0 Å². The topological polar surface area (TPSA) is 74.8 Å². The van der Waals surface area contributed by atoms with Crippen LogP contribution in [0.2, 0.25) is 0 Å². The number of aryl methyl sites for hydroxylation is 1. The molecule has 3 aromatic heterocycles. The van der Waals surface area contributed by atoms with Crippen molar-refractivity contribution in [1.29, 1.82) is 0 Å². The highest BCUT2D eigenvalue weighted by Gasteiger charge is 2.18.